The molecule has 0 bridgehead atoms. The average molecular weight is 222 g/mol. The summed E-state index contributed by atoms with van der Waals surface area (Å²) in [6.45, 7) is -1.88. The van der Waals surface area contributed by atoms with E-state index in [1.165, 1.54) is 0 Å². The van der Waals surface area contributed by atoms with Gasteiger partial charge >= 0.3 is 6.61 Å². The minimum atomic E-state index is -2.71. The van der Waals surface area contributed by atoms with Crippen molar-refractivity contribution in [1.82, 2.24) is 9.36 Å². The van der Waals surface area contributed by atoms with Gasteiger partial charge < -0.3 is 15.4 Å². The fraction of sp³-hybridized carbons (Fsp3) is 0.667. The fourth-order valence-corrected chi connectivity index (χ4v) is 1.80. The minimum Gasteiger partial charge on any atom is -0.367 e. The highest BCUT2D eigenvalue weighted by Crippen LogP contribution is 2.25. The summed E-state index contributed by atoms with van der Waals surface area (Å²) in [5, 5.41) is 0.650. The topological polar surface area (TPSA) is 64.3 Å². The summed E-state index contributed by atoms with van der Waals surface area (Å²) in [5.41, 5.74) is 5.32. The Morgan fingerprint density at radius 2 is 2.29 bits per heavy atom. The van der Waals surface area contributed by atoms with Crippen LogP contribution in [0.4, 0.5) is 19.9 Å². The second-order valence-corrected chi connectivity index (χ2v) is 3.59. The minimum absolute atomic E-state index is 0.211. The summed E-state index contributed by atoms with van der Waals surface area (Å²) in [4.78, 5) is 5.71. The lowest BCUT2D eigenvalue weighted by atomic mass is 10.2. The summed E-state index contributed by atoms with van der Waals surface area (Å²) in [7, 11) is 0. The lowest BCUT2D eigenvalue weighted by molar-refractivity contribution is -0.167. The van der Waals surface area contributed by atoms with Crippen LogP contribution >= 0.6 is 11.5 Å². The van der Waals surface area contributed by atoms with Crippen molar-refractivity contribution >= 4 is 22.6 Å². The molecule has 0 aliphatic carbocycles. The zero-order valence-corrected chi connectivity index (χ0v) is 7.88. The lowest BCUT2D eigenvalue weighted by Gasteiger charge is -2.37. The van der Waals surface area contributed by atoms with Gasteiger partial charge in [-0.15, -0.1) is 0 Å². The van der Waals surface area contributed by atoms with E-state index in [1.54, 1.807) is 4.90 Å². The molecule has 1 fully saturated rings. The Balaban J connectivity index is 1.83. The van der Waals surface area contributed by atoms with E-state index in [9.17, 15) is 8.78 Å². The third-order valence-corrected chi connectivity index (χ3v) is 2.64. The molecule has 0 amide bonds. The Hall–Kier alpha value is -1.02. The van der Waals surface area contributed by atoms with Crippen LogP contribution in [0.2, 0.25) is 0 Å². The molecule has 0 unspecified atom stereocenters. The molecule has 2 heterocycles. The van der Waals surface area contributed by atoms with Gasteiger partial charge in [0.2, 0.25) is 11.1 Å². The van der Waals surface area contributed by atoms with Crippen molar-refractivity contribution in [2.75, 3.05) is 23.7 Å². The van der Waals surface area contributed by atoms with Gasteiger partial charge in [-0.3, -0.25) is 0 Å². The number of halogens is 2. The number of alkyl halides is 2. The van der Waals surface area contributed by atoms with Crippen LogP contribution in [0.3, 0.4) is 0 Å². The molecule has 0 saturated carbocycles. The van der Waals surface area contributed by atoms with Gasteiger partial charge in [0.25, 0.3) is 0 Å². The first-order valence-corrected chi connectivity index (χ1v) is 4.70. The van der Waals surface area contributed by atoms with Crippen molar-refractivity contribution in [3.8, 4) is 0 Å². The predicted molar refractivity (Wildman–Crippen MR) is 47.4 cm³/mol. The second-order valence-electron chi connectivity index (χ2n) is 2.86. The maximum absolute atomic E-state index is 11.8. The summed E-state index contributed by atoms with van der Waals surface area (Å²) in [6, 6.07) is 0. The van der Waals surface area contributed by atoms with Gasteiger partial charge in [0.05, 0.1) is 6.10 Å². The molecule has 8 heteroatoms. The lowest BCUT2D eigenvalue weighted by Crippen LogP contribution is -2.52. The molecule has 0 aromatic carbocycles. The zero-order valence-electron chi connectivity index (χ0n) is 7.06. The van der Waals surface area contributed by atoms with E-state index in [0.717, 1.165) is 11.5 Å². The van der Waals surface area contributed by atoms with Gasteiger partial charge in [-0.25, -0.2) is 0 Å². The van der Waals surface area contributed by atoms with Crippen molar-refractivity contribution in [1.29, 1.82) is 0 Å². The number of nitrogens with two attached hydrogens (primary N) is 1. The van der Waals surface area contributed by atoms with Crippen molar-refractivity contribution in [3.05, 3.63) is 0 Å². The van der Waals surface area contributed by atoms with E-state index >= 15 is 0 Å². The van der Waals surface area contributed by atoms with Crippen LogP contribution in [0, 0.1) is 0 Å². The van der Waals surface area contributed by atoms with Crippen molar-refractivity contribution < 1.29 is 13.5 Å². The quantitative estimate of drug-likeness (QED) is 0.809. The molecule has 1 aromatic heterocycles. The van der Waals surface area contributed by atoms with Crippen LogP contribution in [0.25, 0.3) is 0 Å². The van der Waals surface area contributed by atoms with E-state index in [0.29, 0.717) is 18.2 Å². The predicted octanol–water partition coefficient (Wildman–Crippen LogP) is 0.548. The normalized spacial score (nSPS) is 17.5. The summed E-state index contributed by atoms with van der Waals surface area (Å²) in [5.74, 6) is 0.211. The van der Waals surface area contributed by atoms with Crippen LogP contribution in [-0.4, -0.2) is 35.2 Å². The Bertz CT molecular complexity index is 315. The zero-order chi connectivity index (χ0) is 10.1. The maximum Gasteiger partial charge on any atom is 0.345 e. The highest BCUT2D eigenvalue weighted by atomic mass is 32.1. The van der Waals surface area contributed by atoms with Gasteiger partial charge in [-0.1, -0.05) is 0 Å². The highest BCUT2D eigenvalue weighted by molar-refractivity contribution is 7.09. The molecule has 5 nitrogen and oxygen atoms in total. The van der Waals surface area contributed by atoms with Gasteiger partial charge in [-0.2, -0.15) is 18.1 Å². The molecule has 2 rings (SSSR count). The van der Waals surface area contributed by atoms with Crippen molar-refractivity contribution in [3.63, 3.8) is 0 Å². The number of anilines is 2. The number of hydrogen-bond acceptors (Lipinski definition) is 6. The van der Waals surface area contributed by atoms with Crippen molar-refractivity contribution in [2.24, 2.45) is 0 Å². The molecule has 0 atom stereocenters. The van der Waals surface area contributed by atoms with Crippen LogP contribution < -0.4 is 10.6 Å². The smallest absolute Gasteiger partial charge is 0.345 e. The number of nitrogens with zero attached hydrogens (tertiary/aromatic N) is 3. The molecule has 1 aliphatic heterocycles. The SMILES string of the molecule is Nc1nsc(N2CC(OC(F)F)C2)n1. The molecular formula is C6H8F2N4OS. The van der Waals surface area contributed by atoms with Gasteiger partial charge in [0.1, 0.15) is 0 Å². The van der Waals surface area contributed by atoms with Crippen LogP contribution in [-0.2, 0) is 4.74 Å². The number of nitrogen functional groups attached to an aromatic ring is 1. The van der Waals surface area contributed by atoms with E-state index < -0.39 is 12.7 Å². The third-order valence-electron chi connectivity index (χ3n) is 1.84. The largest absolute Gasteiger partial charge is 0.367 e. The maximum atomic E-state index is 11.8. The Morgan fingerprint density at radius 3 is 2.79 bits per heavy atom. The van der Waals surface area contributed by atoms with Gasteiger partial charge in [-0.05, 0) is 0 Å². The van der Waals surface area contributed by atoms with Crippen LogP contribution in [0.5, 0.6) is 0 Å². The number of hydrogen-bond donors (Lipinski definition) is 1. The monoisotopic (exact) mass is 222 g/mol. The molecule has 14 heavy (non-hydrogen) atoms. The molecule has 0 spiro atoms. The Kier molecular flexibility index (Phi) is 2.46. The average Bonchev–Trinajstić information content (AvgIpc) is 2.42. The summed E-state index contributed by atoms with van der Waals surface area (Å²) < 4.78 is 31.6. The molecule has 1 saturated heterocycles. The fourth-order valence-electron chi connectivity index (χ4n) is 1.18. The Morgan fingerprint density at radius 1 is 1.57 bits per heavy atom. The first-order valence-electron chi connectivity index (χ1n) is 3.93. The molecule has 1 aromatic rings. The number of ether oxygens (including phenoxy) is 1. The van der Waals surface area contributed by atoms with Gasteiger partial charge in [0, 0.05) is 24.6 Å². The standard InChI is InChI=1S/C6H8F2N4OS/c7-4(8)13-3-1-12(2-3)6-10-5(9)11-14-6/h3-4H,1-2H2,(H2,9,11). The number of rotatable bonds is 3. The molecule has 1 aliphatic rings. The third kappa shape index (κ3) is 1.90. The molecule has 0 radical (unpaired) electrons. The summed E-state index contributed by atoms with van der Waals surface area (Å²) in [6.07, 6.45) is -0.417. The molecule has 78 valence electrons. The highest BCUT2D eigenvalue weighted by Gasteiger charge is 2.31. The second kappa shape index (κ2) is 3.62. The van der Waals surface area contributed by atoms with E-state index in [1.807, 2.05) is 0 Å². The van der Waals surface area contributed by atoms with Crippen LogP contribution in [0.1, 0.15) is 0 Å². The van der Waals surface area contributed by atoms with E-state index in [2.05, 4.69) is 14.1 Å². The number of aromatic nitrogens is 2. The van der Waals surface area contributed by atoms with Gasteiger partial charge in [0.15, 0.2) is 0 Å². The molecular weight excluding hydrogens is 214 g/mol. The van der Waals surface area contributed by atoms with E-state index in [4.69, 9.17) is 5.73 Å². The Labute approximate surface area is 82.7 Å². The van der Waals surface area contributed by atoms with Crippen LogP contribution in [0.15, 0.2) is 0 Å². The first-order chi connectivity index (χ1) is 6.65. The summed E-state index contributed by atoms with van der Waals surface area (Å²) >= 11 is 1.15. The van der Waals surface area contributed by atoms with E-state index in [-0.39, 0.29) is 5.95 Å². The molecule has 2 N–H and O–H groups in total. The van der Waals surface area contributed by atoms with Crippen molar-refractivity contribution in [2.45, 2.75) is 12.7 Å². The first kappa shape index (κ1) is 9.53.